The highest BCUT2D eigenvalue weighted by molar-refractivity contribution is 5.97. The van der Waals surface area contributed by atoms with E-state index >= 15 is 0 Å². The Morgan fingerprint density at radius 2 is 1.83 bits per heavy atom. The van der Waals surface area contributed by atoms with Crippen LogP contribution < -0.4 is 5.32 Å². The first-order valence-corrected chi connectivity index (χ1v) is 7.25. The van der Waals surface area contributed by atoms with E-state index in [4.69, 9.17) is 15.5 Å². The van der Waals surface area contributed by atoms with Gasteiger partial charge in [0.1, 0.15) is 17.4 Å². The predicted octanol–water partition coefficient (Wildman–Crippen LogP) is -0.255. The van der Waals surface area contributed by atoms with Crippen molar-refractivity contribution >= 4 is 5.91 Å². The van der Waals surface area contributed by atoms with E-state index in [0.29, 0.717) is 13.0 Å². The van der Waals surface area contributed by atoms with E-state index in [1.54, 1.807) is 24.3 Å². The van der Waals surface area contributed by atoms with Crippen LogP contribution in [0.3, 0.4) is 0 Å². The van der Waals surface area contributed by atoms with Gasteiger partial charge >= 0.3 is 0 Å². The molecule has 1 aromatic rings. The summed E-state index contributed by atoms with van der Waals surface area (Å²) in [5, 5.41) is 39.0. The van der Waals surface area contributed by atoms with Gasteiger partial charge in [-0.25, -0.2) is 0 Å². The molecule has 0 aliphatic rings. The maximum atomic E-state index is 12.1. The van der Waals surface area contributed by atoms with Gasteiger partial charge in [0.05, 0.1) is 13.2 Å². The van der Waals surface area contributed by atoms with Gasteiger partial charge in [0.2, 0.25) is 0 Å². The third-order valence-corrected chi connectivity index (χ3v) is 3.12. The van der Waals surface area contributed by atoms with Gasteiger partial charge < -0.3 is 25.5 Å². The van der Waals surface area contributed by atoms with Crippen LogP contribution in [0.2, 0.25) is 0 Å². The fraction of sp³-hybridized carbons (Fsp3) is 0.375. The molecule has 7 heteroatoms. The van der Waals surface area contributed by atoms with E-state index in [0.717, 1.165) is 5.56 Å². The molecule has 0 aliphatic carbocycles. The van der Waals surface area contributed by atoms with Crippen LogP contribution in [0, 0.1) is 11.3 Å². The van der Waals surface area contributed by atoms with Gasteiger partial charge in [0.15, 0.2) is 0 Å². The summed E-state index contributed by atoms with van der Waals surface area (Å²) in [6.07, 6.45) is 2.01. The van der Waals surface area contributed by atoms with Crippen molar-refractivity contribution < 1.29 is 20.1 Å². The SMILES string of the molecule is N#C/C(=C/NCCc1ccc(O)cc1)C(=O)N(CCO)CCO. The van der Waals surface area contributed by atoms with Crippen LogP contribution in [-0.2, 0) is 11.2 Å². The molecule has 0 aromatic heterocycles. The number of carbonyl (C=O) groups excluding carboxylic acids is 1. The Bertz CT molecular complexity index is 558. The first kappa shape index (κ1) is 18.5. The second-order valence-corrected chi connectivity index (χ2v) is 4.78. The number of hydrogen-bond acceptors (Lipinski definition) is 6. The lowest BCUT2D eigenvalue weighted by molar-refractivity contribution is -0.127. The molecule has 0 aliphatic heterocycles. The first-order chi connectivity index (χ1) is 11.1. The standard InChI is InChI=1S/C16H21N3O4/c17-11-14(16(23)19(7-9-20)8-10-21)12-18-6-5-13-1-3-15(22)4-2-13/h1-4,12,18,20-22H,5-10H2/b14-12-. The molecule has 0 heterocycles. The summed E-state index contributed by atoms with van der Waals surface area (Å²) in [6.45, 7) is 0.165. The lowest BCUT2D eigenvalue weighted by Gasteiger charge is -2.20. The minimum absolute atomic E-state index is 0.0614. The maximum Gasteiger partial charge on any atom is 0.266 e. The lowest BCUT2D eigenvalue weighted by atomic mass is 10.1. The molecular formula is C16H21N3O4. The van der Waals surface area contributed by atoms with Crippen LogP contribution in [0.15, 0.2) is 36.0 Å². The van der Waals surface area contributed by atoms with Crippen molar-refractivity contribution in [3.8, 4) is 11.8 Å². The quantitative estimate of drug-likeness (QED) is 0.283. The highest BCUT2D eigenvalue weighted by atomic mass is 16.3. The predicted molar refractivity (Wildman–Crippen MR) is 84.3 cm³/mol. The minimum Gasteiger partial charge on any atom is -0.508 e. The molecule has 1 aromatic carbocycles. The fourth-order valence-electron chi connectivity index (χ4n) is 1.92. The Hall–Kier alpha value is -2.56. The van der Waals surface area contributed by atoms with Crippen molar-refractivity contribution in [2.24, 2.45) is 0 Å². The fourth-order valence-corrected chi connectivity index (χ4v) is 1.92. The molecule has 0 unspecified atom stereocenters. The number of rotatable bonds is 9. The Morgan fingerprint density at radius 1 is 1.22 bits per heavy atom. The van der Waals surface area contributed by atoms with Crippen molar-refractivity contribution in [3.63, 3.8) is 0 Å². The number of aliphatic hydroxyl groups excluding tert-OH is 2. The summed E-state index contributed by atoms with van der Waals surface area (Å²) in [6, 6.07) is 8.59. The van der Waals surface area contributed by atoms with Gasteiger partial charge in [0, 0.05) is 25.8 Å². The van der Waals surface area contributed by atoms with Crippen LogP contribution in [0.1, 0.15) is 5.56 Å². The van der Waals surface area contributed by atoms with Crippen LogP contribution in [0.4, 0.5) is 0 Å². The molecule has 0 spiro atoms. The van der Waals surface area contributed by atoms with E-state index in [9.17, 15) is 9.90 Å². The zero-order valence-electron chi connectivity index (χ0n) is 12.8. The molecule has 7 nitrogen and oxygen atoms in total. The third-order valence-electron chi connectivity index (χ3n) is 3.12. The van der Waals surface area contributed by atoms with E-state index in [1.165, 1.54) is 11.1 Å². The Morgan fingerprint density at radius 3 is 2.35 bits per heavy atom. The average molecular weight is 319 g/mol. The molecule has 1 rings (SSSR count). The summed E-state index contributed by atoms with van der Waals surface area (Å²) in [7, 11) is 0. The van der Waals surface area contributed by atoms with Gasteiger partial charge in [-0.15, -0.1) is 0 Å². The molecule has 0 saturated carbocycles. The van der Waals surface area contributed by atoms with Gasteiger partial charge in [-0.1, -0.05) is 12.1 Å². The zero-order valence-corrected chi connectivity index (χ0v) is 12.8. The Labute approximate surface area is 135 Å². The number of nitrogens with zero attached hydrogens (tertiary/aromatic N) is 2. The van der Waals surface area contributed by atoms with Crippen LogP contribution in [0.25, 0.3) is 0 Å². The minimum atomic E-state index is -0.535. The molecule has 0 bridgehead atoms. The highest BCUT2D eigenvalue weighted by Gasteiger charge is 2.17. The van der Waals surface area contributed by atoms with Gasteiger partial charge in [-0.05, 0) is 24.1 Å². The third kappa shape index (κ3) is 6.38. The Kier molecular flexibility index (Phi) is 8.21. The lowest BCUT2D eigenvalue weighted by Crippen LogP contribution is -2.37. The molecule has 0 radical (unpaired) electrons. The van der Waals surface area contributed by atoms with Gasteiger partial charge in [-0.2, -0.15) is 5.26 Å². The van der Waals surface area contributed by atoms with Crippen LogP contribution >= 0.6 is 0 Å². The van der Waals surface area contributed by atoms with Crippen molar-refractivity contribution in [2.75, 3.05) is 32.8 Å². The summed E-state index contributed by atoms with van der Waals surface area (Å²) < 4.78 is 0. The number of phenolic OH excluding ortho intramolecular Hbond substituents is 1. The summed E-state index contributed by atoms with van der Waals surface area (Å²) in [4.78, 5) is 13.3. The molecule has 0 atom stereocenters. The van der Waals surface area contributed by atoms with E-state index in [1.807, 2.05) is 6.07 Å². The topological polar surface area (TPSA) is 117 Å². The number of nitriles is 1. The van der Waals surface area contributed by atoms with Crippen molar-refractivity contribution in [3.05, 3.63) is 41.6 Å². The number of carbonyl (C=O) groups is 1. The largest absolute Gasteiger partial charge is 0.508 e. The maximum absolute atomic E-state index is 12.1. The monoisotopic (exact) mass is 319 g/mol. The molecule has 4 N–H and O–H groups in total. The van der Waals surface area contributed by atoms with Gasteiger partial charge in [0.25, 0.3) is 5.91 Å². The summed E-state index contributed by atoms with van der Waals surface area (Å²) >= 11 is 0. The first-order valence-electron chi connectivity index (χ1n) is 7.25. The summed E-state index contributed by atoms with van der Waals surface area (Å²) in [5.74, 6) is -0.334. The number of phenols is 1. The molecule has 0 fully saturated rings. The Balaban J connectivity index is 2.55. The molecular weight excluding hydrogens is 298 g/mol. The number of hydrogen-bond donors (Lipinski definition) is 4. The van der Waals surface area contributed by atoms with Crippen LogP contribution in [-0.4, -0.2) is 59.0 Å². The average Bonchev–Trinajstić information content (AvgIpc) is 2.56. The van der Waals surface area contributed by atoms with E-state index in [2.05, 4.69) is 5.32 Å². The normalized spacial score (nSPS) is 10.9. The molecule has 23 heavy (non-hydrogen) atoms. The van der Waals surface area contributed by atoms with E-state index in [-0.39, 0.29) is 37.6 Å². The number of aromatic hydroxyl groups is 1. The number of amides is 1. The molecule has 0 saturated heterocycles. The van der Waals surface area contributed by atoms with Crippen molar-refractivity contribution in [1.29, 1.82) is 5.26 Å². The summed E-state index contributed by atoms with van der Waals surface area (Å²) in [5.41, 5.74) is 0.924. The second-order valence-electron chi connectivity index (χ2n) is 4.78. The molecule has 1 amide bonds. The smallest absolute Gasteiger partial charge is 0.266 e. The number of benzene rings is 1. The van der Waals surface area contributed by atoms with E-state index < -0.39 is 5.91 Å². The van der Waals surface area contributed by atoms with Gasteiger partial charge in [-0.3, -0.25) is 4.79 Å². The van der Waals surface area contributed by atoms with Crippen molar-refractivity contribution in [2.45, 2.75) is 6.42 Å². The second kappa shape index (κ2) is 10.2. The number of nitrogens with one attached hydrogen (secondary N) is 1. The van der Waals surface area contributed by atoms with Crippen molar-refractivity contribution in [1.82, 2.24) is 10.2 Å². The highest BCUT2D eigenvalue weighted by Crippen LogP contribution is 2.09. The molecule has 124 valence electrons. The van der Waals surface area contributed by atoms with Crippen LogP contribution in [0.5, 0.6) is 5.75 Å². The zero-order chi connectivity index (χ0) is 17.1. The number of aliphatic hydroxyl groups is 2.